The molecule has 5 nitrogen and oxygen atoms in total. The Morgan fingerprint density at radius 1 is 1.47 bits per heavy atom. The maximum atomic E-state index is 11.4. The lowest BCUT2D eigenvalue weighted by atomic mass is 9.90. The maximum Gasteiger partial charge on any atom is 0.337 e. The number of carbonyl (C=O) groups excluding carboxylic acids is 2. The molecule has 15 heavy (non-hydrogen) atoms. The van der Waals surface area contributed by atoms with Crippen LogP contribution < -0.4 is 0 Å². The molecule has 5 heteroatoms. The van der Waals surface area contributed by atoms with E-state index in [0.29, 0.717) is 11.3 Å². The van der Waals surface area contributed by atoms with Crippen LogP contribution in [-0.4, -0.2) is 30.8 Å². The predicted octanol–water partition coefficient (Wildman–Crippen LogP) is 0.281. The van der Waals surface area contributed by atoms with E-state index in [2.05, 4.69) is 14.9 Å². The number of allylic oxidation sites excluding steroid dienone is 2. The number of hydrogen-bond donors (Lipinski definition) is 0. The molecule has 1 atom stereocenters. The van der Waals surface area contributed by atoms with Gasteiger partial charge in [-0.1, -0.05) is 6.08 Å². The molecule has 1 aliphatic carbocycles. The van der Waals surface area contributed by atoms with Gasteiger partial charge in [0.2, 0.25) is 0 Å². The molecular weight excluding hydrogens is 196 g/mol. The number of ether oxygens (including phenoxy) is 1. The molecule has 76 valence electrons. The number of carbonyl (C=O) groups is 2. The Morgan fingerprint density at radius 2 is 2.27 bits per heavy atom. The Hall–Kier alpha value is -2.04. The third kappa shape index (κ3) is 1.63. The van der Waals surface area contributed by atoms with Gasteiger partial charge in [0, 0.05) is 0 Å². The fraction of sp³-hybridized carbons (Fsp3) is 0.200. The van der Waals surface area contributed by atoms with Gasteiger partial charge >= 0.3 is 5.97 Å². The first kappa shape index (κ1) is 9.51. The monoisotopic (exact) mass is 204 g/mol. The summed E-state index contributed by atoms with van der Waals surface area (Å²) in [5.74, 6) is -1.13. The lowest BCUT2D eigenvalue weighted by Crippen LogP contribution is -2.27. The van der Waals surface area contributed by atoms with E-state index in [1.165, 1.54) is 13.2 Å². The van der Waals surface area contributed by atoms with Crippen LogP contribution in [0, 0.1) is 5.92 Å². The standard InChI is InChI=1S/C10H8N2O3/c1-15-10(14)6-2-3-8-7(4-6)9(13)5-11-12-8/h2-5,7H,1H3. The summed E-state index contributed by atoms with van der Waals surface area (Å²) < 4.78 is 4.56. The van der Waals surface area contributed by atoms with E-state index in [-0.39, 0.29) is 5.78 Å². The lowest BCUT2D eigenvalue weighted by Gasteiger charge is -2.16. The van der Waals surface area contributed by atoms with Gasteiger partial charge in [0.05, 0.1) is 30.5 Å². The van der Waals surface area contributed by atoms with Crippen molar-refractivity contribution in [2.45, 2.75) is 0 Å². The molecule has 1 unspecified atom stereocenters. The fourth-order valence-corrected chi connectivity index (χ4v) is 1.41. The van der Waals surface area contributed by atoms with Crippen LogP contribution >= 0.6 is 0 Å². The van der Waals surface area contributed by atoms with Crippen LogP contribution in [0.1, 0.15) is 0 Å². The van der Waals surface area contributed by atoms with E-state index < -0.39 is 11.9 Å². The number of ketones is 1. The molecule has 2 rings (SSSR count). The van der Waals surface area contributed by atoms with Crippen molar-refractivity contribution in [2.75, 3.05) is 7.11 Å². The highest BCUT2D eigenvalue weighted by molar-refractivity contribution is 6.37. The Labute approximate surface area is 85.8 Å². The molecule has 0 N–H and O–H groups in total. The Bertz CT molecular complexity index is 444. The molecule has 2 aliphatic rings. The molecule has 1 aliphatic heterocycles. The van der Waals surface area contributed by atoms with Gasteiger partial charge < -0.3 is 4.74 Å². The molecular formula is C10H8N2O3. The zero-order chi connectivity index (χ0) is 10.8. The number of nitrogens with zero attached hydrogens (tertiary/aromatic N) is 2. The molecule has 0 aromatic heterocycles. The Balaban J connectivity index is 2.33. The van der Waals surface area contributed by atoms with Gasteiger partial charge in [-0.2, -0.15) is 10.2 Å². The van der Waals surface area contributed by atoms with Gasteiger partial charge in [-0.3, -0.25) is 4.79 Å². The zero-order valence-electron chi connectivity index (χ0n) is 8.01. The highest BCUT2D eigenvalue weighted by atomic mass is 16.5. The summed E-state index contributed by atoms with van der Waals surface area (Å²) in [6.45, 7) is 0. The average molecular weight is 204 g/mol. The van der Waals surface area contributed by atoms with Crippen LogP contribution in [0.3, 0.4) is 0 Å². The van der Waals surface area contributed by atoms with Crippen molar-refractivity contribution in [1.82, 2.24) is 0 Å². The van der Waals surface area contributed by atoms with E-state index in [4.69, 9.17) is 0 Å². The quantitative estimate of drug-likeness (QED) is 0.576. The van der Waals surface area contributed by atoms with Crippen molar-refractivity contribution < 1.29 is 14.3 Å². The van der Waals surface area contributed by atoms with E-state index in [9.17, 15) is 9.59 Å². The normalized spacial score (nSPS) is 23.0. The molecule has 0 saturated heterocycles. The lowest BCUT2D eigenvalue weighted by molar-refractivity contribution is -0.135. The SMILES string of the molecule is COC(=O)C1=CC2C(=O)C=NN=C2C=C1. The van der Waals surface area contributed by atoms with Gasteiger partial charge in [0.1, 0.15) is 0 Å². The second kappa shape index (κ2) is 3.61. The van der Waals surface area contributed by atoms with Gasteiger partial charge in [-0.05, 0) is 12.2 Å². The number of rotatable bonds is 1. The minimum absolute atomic E-state index is 0.175. The van der Waals surface area contributed by atoms with E-state index in [0.717, 1.165) is 6.21 Å². The van der Waals surface area contributed by atoms with Gasteiger partial charge in [-0.15, -0.1) is 0 Å². The summed E-state index contributed by atoms with van der Waals surface area (Å²) in [6, 6.07) is 0. The summed E-state index contributed by atoms with van der Waals surface area (Å²) in [7, 11) is 1.30. The summed E-state index contributed by atoms with van der Waals surface area (Å²) in [6.07, 6.45) is 5.86. The molecule has 0 fully saturated rings. The Morgan fingerprint density at radius 3 is 3.00 bits per heavy atom. The van der Waals surface area contributed by atoms with Crippen molar-refractivity contribution in [3.63, 3.8) is 0 Å². The zero-order valence-corrected chi connectivity index (χ0v) is 8.01. The van der Waals surface area contributed by atoms with Crippen LogP contribution in [0.15, 0.2) is 34.0 Å². The summed E-state index contributed by atoms with van der Waals surface area (Å²) >= 11 is 0. The van der Waals surface area contributed by atoms with Crippen LogP contribution in [-0.2, 0) is 14.3 Å². The first-order valence-electron chi connectivity index (χ1n) is 4.35. The topological polar surface area (TPSA) is 68.1 Å². The third-order valence-electron chi connectivity index (χ3n) is 2.18. The minimum Gasteiger partial charge on any atom is -0.465 e. The third-order valence-corrected chi connectivity index (χ3v) is 2.18. The number of hydrogen-bond acceptors (Lipinski definition) is 5. The average Bonchev–Trinajstić information content (AvgIpc) is 2.28. The van der Waals surface area contributed by atoms with Gasteiger partial charge in [0.25, 0.3) is 0 Å². The van der Waals surface area contributed by atoms with Crippen LogP contribution in [0.4, 0.5) is 0 Å². The first-order chi connectivity index (χ1) is 7.22. The van der Waals surface area contributed by atoms with Crippen LogP contribution in [0.25, 0.3) is 0 Å². The first-order valence-corrected chi connectivity index (χ1v) is 4.35. The number of Topliss-reactive ketones (excluding diaryl/α,β-unsaturated/α-hetero) is 1. The second-order valence-corrected chi connectivity index (χ2v) is 3.10. The maximum absolute atomic E-state index is 11.4. The van der Waals surface area contributed by atoms with Gasteiger partial charge in [0.15, 0.2) is 5.78 Å². The minimum atomic E-state index is -0.499. The number of fused-ring (bicyclic) bond motifs is 1. The van der Waals surface area contributed by atoms with Gasteiger partial charge in [-0.25, -0.2) is 4.79 Å². The summed E-state index contributed by atoms with van der Waals surface area (Å²) in [4.78, 5) is 22.6. The predicted molar refractivity (Wildman–Crippen MR) is 53.7 cm³/mol. The molecule has 0 radical (unpaired) electrons. The smallest absolute Gasteiger partial charge is 0.337 e. The number of methoxy groups -OCH3 is 1. The molecule has 0 bridgehead atoms. The Kier molecular flexibility index (Phi) is 2.29. The molecule has 1 heterocycles. The fourth-order valence-electron chi connectivity index (χ4n) is 1.41. The van der Waals surface area contributed by atoms with E-state index >= 15 is 0 Å². The van der Waals surface area contributed by atoms with Crippen molar-refractivity contribution in [3.05, 3.63) is 23.8 Å². The highest BCUT2D eigenvalue weighted by Gasteiger charge is 2.26. The summed E-state index contributed by atoms with van der Waals surface area (Å²) in [5.41, 5.74) is 0.917. The molecule has 0 aromatic rings. The molecule has 0 amide bonds. The van der Waals surface area contributed by atoms with Crippen molar-refractivity contribution >= 4 is 23.7 Å². The largest absolute Gasteiger partial charge is 0.465 e. The van der Waals surface area contributed by atoms with Crippen molar-refractivity contribution in [3.8, 4) is 0 Å². The van der Waals surface area contributed by atoms with Crippen molar-refractivity contribution in [1.29, 1.82) is 0 Å². The van der Waals surface area contributed by atoms with E-state index in [1.807, 2.05) is 0 Å². The summed E-state index contributed by atoms with van der Waals surface area (Å²) in [5, 5.41) is 7.35. The van der Waals surface area contributed by atoms with Crippen LogP contribution in [0.5, 0.6) is 0 Å². The molecule has 0 aromatic carbocycles. The highest BCUT2D eigenvalue weighted by Crippen LogP contribution is 2.18. The number of esters is 1. The molecule has 0 saturated carbocycles. The van der Waals surface area contributed by atoms with Crippen molar-refractivity contribution in [2.24, 2.45) is 16.1 Å². The molecule has 0 spiro atoms. The van der Waals surface area contributed by atoms with E-state index in [1.54, 1.807) is 12.2 Å². The second-order valence-electron chi connectivity index (χ2n) is 3.10. The van der Waals surface area contributed by atoms with Crippen LogP contribution in [0.2, 0.25) is 0 Å².